The van der Waals surface area contributed by atoms with Crippen LogP contribution in [0.3, 0.4) is 0 Å². The molecule has 1 aliphatic rings. The van der Waals surface area contributed by atoms with Gasteiger partial charge >= 0.3 is 5.97 Å². The van der Waals surface area contributed by atoms with Crippen molar-refractivity contribution in [3.8, 4) is 6.07 Å². The molecule has 0 aliphatic heterocycles. The van der Waals surface area contributed by atoms with Gasteiger partial charge in [-0.3, -0.25) is 0 Å². The second-order valence-electron chi connectivity index (χ2n) is 9.16. The minimum Gasteiger partial charge on any atom is -0.476 e. The normalized spacial score (nSPS) is 15.6. The van der Waals surface area contributed by atoms with Crippen molar-refractivity contribution < 1.29 is 9.90 Å². The number of carboxylic acids is 1. The first-order chi connectivity index (χ1) is 17.7. The van der Waals surface area contributed by atoms with Crippen LogP contribution >= 0.6 is 22.9 Å². The van der Waals surface area contributed by atoms with Gasteiger partial charge in [-0.15, -0.1) is 11.3 Å². The largest absolute Gasteiger partial charge is 0.476 e. The summed E-state index contributed by atoms with van der Waals surface area (Å²) >= 11 is 7.58. The van der Waals surface area contributed by atoms with Crippen molar-refractivity contribution in [2.24, 2.45) is 0 Å². The van der Waals surface area contributed by atoms with Gasteiger partial charge in [0.25, 0.3) is 0 Å². The Balaban J connectivity index is 1.55. The summed E-state index contributed by atoms with van der Waals surface area (Å²) in [6.45, 7) is 3.87. The van der Waals surface area contributed by atoms with Crippen molar-refractivity contribution in [2.45, 2.75) is 45.2 Å². The zero-order valence-electron chi connectivity index (χ0n) is 20.5. The van der Waals surface area contributed by atoms with Gasteiger partial charge in [-0.05, 0) is 50.5 Å². The van der Waals surface area contributed by atoms with Crippen LogP contribution in [0.2, 0.25) is 5.15 Å². The lowest BCUT2D eigenvalue weighted by molar-refractivity contribution is 0.0691. The number of halogens is 1. The zero-order valence-corrected chi connectivity index (χ0v) is 22.1. The smallest absolute Gasteiger partial charge is 0.356 e. The molecule has 5 rings (SSSR count). The van der Waals surface area contributed by atoms with Crippen LogP contribution in [0.25, 0.3) is 11.0 Å². The van der Waals surface area contributed by atoms with Crippen LogP contribution < -0.4 is 10.2 Å². The Morgan fingerprint density at radius 2 is 2.14 bits per heavy atom. The number of nitrogens with one attached hydrogen (secondary N) is 1. The van der Waals surface area contributed by atoms with Crippen molar-refractivity contribution in [1.82, 2.24) is 19.9 Å². The Morgan fingerprint density at radius 3 is 2.89 bits per heavy atom. The maximum absolute atomic E-state index is 11.7. The molecule has 0 amide bonds. The van der Waals surface area contributed by atoms with Crippen molar-refractivity contribution in [3.05, 3.63) is 68.0 Å². The van der Waals surface area contributed by atoms with Gasteiger partial charge in [-0.2, -0.15) is 5.26 Å². The lowest BCUT2D eigenvalue weighted by atomic mass is 9.96. The molecule has 0 fully saturated rings. The SMILES string of the molecule is Cc1cc([C@@H](C)Nc2ccc(Cl)nc2C(=O)O)c2nc(N(C)C3CCc4ncsc4C3)c(C#N)nc2c1. The number of rotatable bonds is 6. The molecule has 0 spiro atoms. The Bertz CT molecular complexity index is 1560. The van der Waals surface area contributed by atoms with Gasteiger partial charge in [0.05, 0.1) is 34.0 Å². The van der Waals surface area contributed by atoms with Gasteiger partial charge in [0, 0.05) is 30.0 Å². The molecule has 11 heteroatoms. The van der Waals surface area contributed by atoms with Crippen LogP contribution in [0.5, 0.6) is 0 Å². The molecule has 2 atom stereocenters. The first kappa shape index (κ1) is 24.9. The highest BCUT2D eigenvalue weighted by Crippen LogP contribution is 2.33. The second kappa shape index (κ2) is 9.92. The number of likely N-dealkylation sites (N-methyl/N-ethyl adjacent to an activating group) is 1. The number of pyridine rings is 1. The van der Waals surface area contributed by atoms with Gasteiger partial charge in [0.2, 0.25) is 0 Å². The minimum absolute atomic E-state index is 0.104. The predicted molar refractivity (Wildman–Crippen MR) is 144 cm³/mol. The van der Waals surface area contributed by atoms with Gasteiger partial charge < -0.3 is 15.3 Å². The number of benzene rings is 1. The number of hydrogen-bond acceptors (Lipinski definition) is 9. The number of aryl methyl sites for hydroxylation is 2. The number of nitrogens with zero attached hydrogens (tertiary/aromatic N) is 6. The number of aromatic carboxylic acids is 1. The van der Waals surface area contributed by atoms with Crippen LogP contribution in [-0.4, -0.2) is 44.1 Å². The first-order valence-corrected chi connectivity index (χ1v) is 13.0. The van der Waals surface area contributed by atoms with Crippen molar-refractivity contribution in [2.75, 3.05) is 17.3 Å². The van der Waals surface area contributed by atoms with E-state index in [1.165, 1.54) is 4.88 Å². The lowest BCUT2D eigenvalue weighted by Gasteiger charge is -2.32. The average Bonchev–Trinajstić information content (AvgIpc) is 3.35. The summed E-state index contributed by atoms with van der Waals surface area (Å²) in [7, 11) is 1.96. The third-order valence-electron chi connectivity index (χ3n) is 6.68. The zero-order chi connectivity index (χ0) is 26.3. The van der Waals surface area contributed by atoms with Gasteiger partial charge in [0.1, 0.15) is 11.2 Å². The summed E-state index contributed by atoms with van der Waals surface area (Å²) in [4.78, 5) is 33.1. The number of nitriles is 1. The number of aromatic nitrogens is 4. The second-order valence-corrected chi connectivity index (χ2v) is 10.5. The van der Waals surface area contributed by atoms with E-state index in [1.807, 2.05) is 38.5 Å². The third-order valence-corrected chi connectivity index (χ3v) is 7.78. The van der Waals surface area contributed by atoms with E-state index in [4.69, 9.17) is 16.6 Å². The molecule has 9 nitrogen and oxygen atoms in total. The van der Waals surface area contributed by atoms with E-state index in [1.54, 1.807) is 23.5 Å². The molecule has 0 radical (unpaired) electrons. The fraction of sp³-hybridized carbons (Fsp3) is 0.308. The lowest BCUT2D eigenvalue weighted by Crippen LogP contribution is -2.37. The number of fused-ring (bicyclic) bond motifs is 2. The fourth-order valence-electron chi connectivity index (χ4n) is 4.79. The summed E-state index contributed by atoms with van der Waals surface area (Å²) in [5, 5.41) is 22.9. The molecule has 188 valence electrons. The molecule has 4 aromatic rings. The Hall–Kier alpha value is -3.81. The van der Waals surface area contributed by atoms with E-state index in [0.717, 1.165) is 36.1 Å². The summed E-state index contributed by atoms with van der Waals surface area (Å²) in [5.41, 5.74) is 6.56. The maximum Gasteiger partial charge on any atom is 0.356 e. The van der Waals surface area contributed by atoms with Crippen molar-refractivity contribution >= 4 is 51.4 Å². The summed E-state index contributed by atoms with van der Waals surface area (Å²) in [5.74, 6) is -0.644. The van der Waals surface area contributed by atoms with Gasteiger partial charge in [-0.1, -0.05) is 17.7 Å². The predicted octanol–water partition coefficient (Wildman–Crippen LogP) is 5.18. The van der Waals surface area contributed by atoms with E-state index in [2.05, 4.69) is 31.2 Å². The summed E-state index contributed by atoms with van der Waals surface area (Å²) < 4.78 is 0. The van der Waals surface area contributed by atoms with E-state index < -0.39 is 5.97 Å². The van der Waals surface area contributed by atoms with Crippen LogP contribution in [0, 0.1) is 18.3 Å². The molecule has 3 heterocycles. The van der Waals surface area contributed by atoms with Crippen molar-refractivity contribution in [3.63, 3.8) is 0 Å². The maximum atomic E-state index is 11.7. The Labute approximate surface area is 222 Å². The highest BCUT2D eigenvalue weighted by molar-refractivity contribution is 7.09. The summed E-state index contributed by atoms with van der Waals surface area (Å²) in [6.07, 6.45) is 2.66. The molecule has 2 N–H and O–H groups in total. The molecule has 1 unspecified atom stereocenters. The quantitative estimate of drug-likeness (QED) is 0.322. The molecule has 0 saturated heterocycles. The van der Waals surface area contributed by atoms with Gasteiger partial charge in [-0.25, -0.2) is 24.7 Å². The van der Waals surface area contributed by atoms with Crippen LogP contribution in [0.15, 0.2) is 29.8 Å². The fourth-order valence-corrected chi connectivity index (χ4v) is 5.82. The molecular formula is C26H24ClN7O2S. The molecule has 1 aliphatic carbocycles. The third kappa shape index (κ3) is 4.80. The number of carbonyl (C=O) groups is 1. The highest BCUT2D eigenvalue weighted by atomic mass is 35.5. The van der Waals surface area contributed by atoms with E-state index in [0.29, 0.717) is 22.5 Å². The topological polar surface area (TPSA) is 128 Å². The van der Waals surface area contributed by atoms with E-state index in [-0.39, 0.29) is 28.6 Å². The number of thiazole rings is 1. The van der Waals surface area contributed by atoms with E-state index >= 15 is 0 Å². The molecule has 1 aromatic carbocycles. The number of hydrogen-bond donors (Lipinski definition) is 2. The van der Waals surface area contributed by atoms with Crippen LogP contribution in [0.4, 0.5) is 11.5 Å². The molecular weight excluding hydrogens is 510 g/mol. The monoisotopic (exact) mass is 533 g/mol. The van der Waals surface area contributed by atoms with Crippen LogP contribution in [0.1, 0.15) is 57.3 Å². The molecule has 0 bridgehead atoms. The first-order valence-electron chi connectivity index (χ1n) is 11.8. The molecule has 0 saturated carbocycles. The molecule has 3 aromatic heterocycles. The number of carboxylic acid groups (broad SMARTS) is 1. The average molecular weight is 534 g/mol. The standard InChI is InChI=1S/C26H24ClN7O2S/c1-13-8-16(14(2)30-18-6-7-22(27)32-24(18)26(35)36)23-19(9-13)31-20(11-28)25(33-23)34(3)15-4-5-17-21(10-15)37-12-29-17/h6-9,12,14-15,30H,4-5,10H2,1-3H3,(H,35,36)/t14-,15?/m1/s1. The van der Waals surface area contributed by atoms with E-state index in [9.17, 15) is 15.2 Å². The van der Waals surface area contributed by atoms with Gasteiger partial charge in [0.15, 0.2) is 17.2 Å². The number of anilines is 2. The Kier molecular flexibility index (Phi) is 6.67. The summed E-state index contributed by atoms with van der Waals surface area (Å²) in [6, 6.07) is 9.11. The highest BCUT2D eigenvalue weighted by Gasteiger charge is 2.27. The molecule has 37 heavy (non-hydrogen) atoms. The minimum atomic E-state index is -1.18. The Morgan fingerprint density at radius 1 is 1.32 bits per heavy atom. The van der Waals surface area contributed by atoms with Crippen LogP contribution in [-0.2, 0) is 12.8 Å². The van der Waals surface area contributed by atoms with Crippen molar-refractivity contribution in [1.29, 1.82) is 5.26 Å².